The summed E-state index contributed by atoms with van der Waals surface area (Å²) in [6.45, 7) is 2.53. The lowest BCUT2D eigenvalue weighted by Crippen LogP contribution is -2.03. The molecule has 0 atom stereocenters. The minimum atomic E-state index is 0.453. The van der Waals surface area contributed by atoms with Crippen LogP contribution < -0.4 is 5.73 Å². The van der Waals surface area contributed by atoms with E-state index >= 15 is 0 Å². The normalized spacial score (nSPS) is 10.6. The second-order valence-electron chi connectivity index (χ2n) is 4.24. The molecule has 2 rings (SSSR count). The van der Waals surface area contributed by atoms with Crippen molar-refractivity contribution in [2.45, 2.75) is 24.2 Å². The Balaban J connectivity index is 2.06. The van der Waals surface area contributed by atoms with Crippen molar-refractivity contribution in [2.24, 2.45) is 0 Å². The van der Waals surface area contributed by atoms with Crippen LogP contribution in [0.5, 0.6) is 0 Å². The fraction of sp³-hybridized carbons (Fsp3) is 0.286. The van der Waals surface area contributed by atoms with Crippen molar-refractivity contribution < 1.29 is 4.74 Å². The first kappa shape index (κ1) is 13.8. The molecule has 4 nitrogen and oxygen atoms in total. The van der Waals surface area contributed by atoms with Gasteiger partial charge in [-0.05, 0) is 19.1 Å². The fourth-order valence-electron chi connectivity index (χ4n) is 1.71. The topological polar surface area (TPSA) is 61.0 Å². The molecular weight excluding hydrogens is 258 g/mol. The molecule has 0 amide bonds. The van der Waals surface area contributed by atoms with Crippen LogP contribution in [0.25, 0.3) is 0 Å². The number of nitrogens with two attached hydrogens (primary N) is 1. The van der Waals surface area contributed by atoms with Gasteiger partial charge in [0.15, 0.2) is 0 Å². The van der Waals surface area contributed by atoms with Crippen LogP contribution in [-0.2, 0) is 17.1 Å². The Morgan fingerprint density at radius 3 is 2.84 bits per heavy atom. The summed E-state index contributed by atoms with van der Waals surface area (Å²) in [7, 11) is 1.64. The number of anilines is 1. The van der Waals surface area contributed by atoms with E-state index in [0.29, 0.717) is 18.2 Å². The standard InChI is InChI=1S/C14H17N3OS/c1-10-4-3-5-12(6-10)19-9-14-16-11(8-18-2)7-13(15)17-14/h3-7H,8-9H2,1-2H3,(H2,15,16,17). The highest BCUT2D eigenvalue weighted by molar-refractivity contribution is 7.98. The van der Waals surface area contributed by atoms with E-state index in [1.54, 1.807) is 24.9 Å². The van der Waals surface area contributed by atoms with Gasteiger partial charge in [-0.1, -0.05) is 17.7 Å². The molecule has 0 aliphatic carbocycles. The lowest BCUT2D eigenvalue weighted by Gasteiger charge is -2.05. The van der Waals surface area contributed by atoms with Crippen LogP contribution in [0.15, 0.2) is 35.2 Å². The maximum atomic E-state index is 5.77. The van der Waals surface area contributed by atoms with Crippen molar-refractivity contribution in [3.8, 4) is 0 Å². The molecule has 0 unspecified atom stereocenters. The van der Waals surface area contributed by atoms with Crippen LogP contribution >= 0.6 is 11.8 Å². The molecule has 1 heterocycles. The van der Waals surface area contributed by atoms with E-state index in [0.717, 1.165) is 11.5 Å². The Kier molecular flexibility index (Phi) is 4.76. The third kappa shape index (κ3) is 4.22. The van der Waals surface area contributed by atoms with Gasteiger partial charge >= 0.3 is 0 Å². The van der Waals surface area contributed by atoms with E-state index in [-0.39, 0.29) is 0 Å². The molecular formula is C14H17N3OS. The summed E-state index contributed by atoms with van der Waals surface area (Å²) < 4.78 is 5.06. The summed E-state index contributed by atoms with van der Waals surface area (Å²) in [5.41, 5.74) is 7.83. The van der Waals surface area contributed by atoms with Gasteiger partial charge < -0.3 is 10.5 Å². The van der Waals surface area contributed by atoms with Crippen LogP contribution in [0.4, 0.5) is 5.82 Å². The number of methoxy groups -OCH3 is 1. The zero-order valence-electron chi connectivity index (χ0n) is 11.1. The highest BCUT2D eigenvalue weighted by atomic mass is 32.2. The summed E-state index contributed by atoms with van der Waals surface area (Å²) in [4.78, 5) is 9.88. The second kappa shape index (κ2) is 6.54. The Morgan fingerprint density at radius 2 is 2.11 bits per heavy atom. The number of hydrogen-bond donors (Lipinski definition) is 1. The smallest absolute Gasteiger partial charge is 0.141 e. The monoisotopic (exact) mass is 275 g/mol. The van der Waals surface area contributed by atoms with Crippen LogP contribution in [0, 0.1) is 6.92 Å². The van der Waals surface area contributed by atoms with E-state index in [1.165, 1.54) is 10.5 Å². The summed E-state index contributed by atoms with van der Waals surface area (Å²) in [5, 5.41) is 0. The van der Waals surface area contributed by atoms with Gasteiger partial charge in [0.2, 0.25) is 0 Å². The number of rotatable bonds is 5. The minimum absolute atomic E-state index is 0.453. The number of thioether (sulfide) groups is 1. The largest absolute Gasteiger partial charge is 0.384 e. The Morgan fingerprint density at radius 1 is 1.26 bits per heavy atom. The third-order valence-corrected chi connectivity index (χ3v) is 3.48. The Bertz CT molecular complexity index is 560. The van der Waals surface area contributed by atoms with E-state index in [4.69, 9.17) is 10.5 Å². The van der Waals surface area contributed by atoms with Crippen molar-refractivity contribution in [3.05, 3.63) is 47.4 Å². The van der Waals surface area contributed by atoms with Gasteiger partial charge in [0.1, 0.15) is 11.6 Å². The van der Waals surface area contributed by atoms with Crippen molar-refractivity contribution in [2.75, 3.05) is 12.8 Å². The lowest BCUT2D eigenvalue weighted by molar-refractivity contribution is 0.181. The maximum absolute atomic E-state index is 5.77. The molecule has 2 N–H and O–H groups in total. The second-order valence-corrected chi connectivity index (χ2v) is 5.29. The Labute approximate surface area is 117 Å². The highest BCUT2D eigenvalue weighted by Gasteiger charge is 2.04. The van der Waals surface area contributed by atoms with Gasteiger partial charge in [-0.2, -0.15) is 0 Å². The first-order chi connectivity index (χ1) is 9.17. The summed E-state index contributed by atoms with van der Waals surface area (Å²) in [6, 6.07) is 10.1. The molecule has 0 spiro atoms. The van der Waals surface area contributed by atoms with Gasteiger partial charge in [-0.25, -0.2) is 9.97 Å². The minimum Gasteiger partial charge on any atom is -0.384 e. The van der Waals surface area contributed by atoms with Crippen molar-refractivity contribution in [1.82, 2.24) is 9.97 Å². The molecule has 0 saturated carbocycles. The predicted octanol–water partition coefficient (Wildman–Crippen LogP) is 2.81. The molecule has 0 radical (unpaired) electrons. The fourth-order valence-corrected chi connectivity index (χ4v) is 2.58. The first-order valence-electron chi connectivity index (χ1n) is 5.98. The van der Waals surface area contributed by atoms with Crippen LogP contribution in [0.2, 0.25) is 0 Å². The number of hydrogen-bond acceptors (Lipinski definition) is 5. The predicted molar refractivity (Wildman–Crippen MR) is 77.9 cm³/mol. The molecule has 0 aliphatic heterocycles. The van der Waals surface area contributed by atoms with Crippen LogP contribution in [0.3, 0.4) is 0 Å². The molecule has 1 aromatic heterocycles. The van der Waals surface area contributed by atoms with Gasteiger partial charge in [0.25, 0.3) is 0 Å². The maximum Gasteiger partial charge on any atom is 0.141 e. The SMILES string of the molecule is COCc1cc(N)nc(CSc2cccc(C)c2)n1. The average molecular weight is 275 g/mol. The molecule has 100 valence electrons. The molecule has 1 aromatic carbocycles. The van der Waals surface area contributed by atoms with Gasteiger partial charge in [0.05, 0.1) is 18.1 Å². The van der Waals surface area contributed by atoms with Gasteiger partial charge in [-0.3, -0.25) is 0 Å². The number of aromatic nitrogens is 2. The first-order valence-corrected chi connectivity index (χ1v) is 6.96. The van der Waals surface area contributed by atoms with Gasteiger partial charge in [0, 0.05) is 18.1 Å². The van der Waals surface area contributed by atoms with Crippen molar-refractivity contribution >= 4 is 17.6 Å². The zero-order valence-corrected chi connectivity index (χ0v) is 11.9. The van der Waals surface area contributed by atoms with E-state index in [2.05, 4.69) is 35.1 Å². The number of nitrogen functional groups attached to an aromatic ring is 1. The van der Waals surface area contributed by atoms with Crippen molar-refractivity contribution in [1.29, 1.82) is 0 Å². The van der Waals surface area contributed by atoms with E-state index < -0.39 is 0 Å². The molecule has 0 bridgehead atoms. The van der Waals surface area contributed by atoms with Crippen molar-refractivity contribution in [3.63, 3.8) is 0 Å². The third-order valence-electron chi connectivity index (χ3n) is 2.50. The quantitative estimate of drug-likeness (QED) is 0.850. The van der Waals surface area contributed by atoms with Crippen LogP contribution in [0.1, 0.15) is 17.1 Å². The molecule has 0 saturated heterocycles. The molecule has 2 aromatic rings. The molecule has 19 heavy (non-hydrogen) atoms. The number of benzene rings is 1. The number of aryl methyl sites for hydroxylation is 1. The average Bonchev–Trinajstić information content (AvgIpc) is 2.36. The number of nitrogens with zero attached hydrogens (tertiary/aromatic N) is 2. The Hall–Kier alpha value is -1.59. The molecule has 0 fully saturated rings. The number of ether oxygens (including phenoxy) is 1. The summed E-state index contributed by atoms with van der Waals surface area (Å²) >= 11 is 1.70. The van der Waals surface area contributed by atoms with E-state index in [9.17, 15) is 0 Å². The van der Waals surface area contributed by atoms with Gasteiger partial charge in [-0.15, -0.1) is 11.8 Å². The molecule has 0 aliphatic rings. The highest BCUT2D eigenvalue weighted by Crippen LogP contribution is 2.22. The summed E-state index contributed by atoms with van der Waals surface area (Å²) in [5.74, 6) is 1.92. The lowest BCUT2D eigenvalue weighted by atomic mass is 10.2. The molecule has 5 heteroatoms. The summed E-state index contributed by atoms with van der Waals surface area (Å²) in [6.07, 6.45) is 0. The van der Waals surface area contributed by atoms with Crippen LogP contribution in [-0.4, -0.2) is 17.1 Å². The van der Waals surface area contributed by atoms with E-state index in [1.807, 2.05) is 6.07 Å². The zero-order chi connectivity index (χ0) is 13.7.